The molecule has 0 saturated carbocycles. The van der Waals surface area contributed by atoms with Crippen molar-refractivity contribution in [2.45, 2.75) is 38.9 Å². The average Bonchev–Trinajstić information content (AvgIpc) is 2.80. The lowest BCUT2D eigenvalue weighted by molar-refractivity contribution is -0.144. The summed E-state index contributed by atoms with van der Waals surface area (Å²) in [6, 6.07) is -0.422. The second-order valence-corrected chi connectivity index (χ2v) is 4.01. The third-order valence-electron chi connectivity index (χ3n) is 2.74. The summed E-state index contributed by atoms with van der Waals surface area (Å²) < 4.78 is 37.6. The lowest BCUT2D eigenvalue weighted by atomic mass is 10.1. The van der Waals surface area contributed by atoms with Crippen LogP contribution in [0.25, 0.3) is 0 Å². The number of rotatable bonds is 5. The van der Waals surface area contributed by atoms with Crippen LogP contribution in [-0.2, 0) is 0 Å². The van der Waals surface area contributed by atoms with E-state index in [1.807, 2.05) is 0 Å². The number of carbonyl (C=O) groups excluding carboxylic acids is 1. The molecule has 0 aliphatic carbocycles. The minimum Gasteiger partial charge on any atom is -0.326 e. The molecule has 0 radical (unpaired) electrons. The number of aromatic nitrogens is 2. The Kier molecular flexibility index (Phi) is 4.75. The number of hydrogen-bond donors (Lipinski definition) is 1. The van der Waals surface area contributed by atoms with E-state index in [0.717, 1.165) is 4.90 Å². The molecule has 7 heteroatoms. The van der Waals surface area contributed by atoms with Gasteiger partial charge in [-0.25, -0.2) is 0 Å². The first-order chi connectivity index (χ1) is 8.39. The highest BCUT2D eigenvalue weighted by Gasteiger charge is 2.36. The lowest BCUT2D eigenvalue weighted by Gasteiger charge is -2.30. The Morgan fingerprint density at radius 3 is 2.44 bits per heavy atom. The van der Waals surface area contributed by atoms with Gasteiger partial charge in [0, 0.05) is 12.2 Å². The Bertz CT molecular complexity index is 371. The van der Waals surface area contributed by atoms with Gasteiger partial charge in [-0.2, -0.15) is 18.3 Å². The Morgan fingerprint density at radius 2 is 2.06 bits per heavy atom. The van der Waals surface area contributed by atoms with Gasteiger partial charge in [0.05, 0.1) is 11.8 Å². The fourth-order valence-corrected chi connectivity index (χ4v) is 1.82. The summed E-state index contributed by atoms with van der Waals surface area (Å²) in [7, 11) is 0. The maximum atomic E-state index is 12.5. The Labute approximate surface area is 103 Å². The molecule has 102 valence electrons. The van der Waals surface area contributed by atoms with E-state index in [9.17, 15) is 18.0 Å². The van der Waals surface area contributed by atoms with Crippen LogP contribution in [0.5, 0.6) is 0 Å². The molecule has 0 aliphatic rings. The third-order valence-corrected chi connectivity index (χ3v) is 2.74. The van der Waals surface area contributed by atoms with Crippen LogP contribution in [0.1, 0.15) is 37.0 Å². The molecule has 1 aromatic rings. The molecule has 0 bridgehead atoms. The number of carbonyl (C=O) groups is 1. The van der Waals surface area contributed by atoms with E-state index in [-0.39, 0.29) is 5.56 Å². The minimum absolute atomic E-state index is 0.145. The first kappa shape index (κ1) is 14.5. The zero-order valence-corrected chi connectivity index (χ0v) is 10.3. The predicted molar refractivity (Wildman–Crippen MR) is 60.0 cm³/mol. The van der Waals surface area contributed by atoms with E-state index < -0.39 is 24.7 Å². The van der Waals surface area contributed by atoms with Crippen molar-refractivity contribution in [2.75, 3.05) is 6.54 Å². The van der Waals surface area contributed by atoms with E-state index in [4.69, 9.17) is 0 Å². The number of aromatic amines is 1. The molecule has 4 nitrogen and oxygen atoms in total. The second-order valence-electron chi connectivity index (χ2n) is 4.01. The smallest absolute Gasteiger partial charge is 0.326 e. The molecule has 0 aromatic carbocycles. The molecular weight excluding hydrogens is 247 g/mol. The van der Waals surface area contributed by atoms with Crippen molar-refractivity contribution in [2.24, 2.45) is 0 Å². The van der Waals surface area contributed by atoms with Crippen LogP contribution in [0.2, 0.25) is 0 Å². The number of nitrogens with zero attached hydrogens (tertiary/aromatic N) is 2. The van der Waals surface area contributed by atoms with Crippen LogP contribution in [0, 0.1) is 0 Å². The lowest BCUT2D eigenvalue weighted by Crippen LogP contribution is -2.45. The first-order valence-corrected chi connectivity index (χ1v) is 5.75. The van der Waals surface area contributed by atoms with Gasteiger partial charge in [0.1, 0.15) is 6.54 Å². The first-order valence-electron chi connectivity index (χ1n) is 5.75. The summed E-state index contributed by atoms with van der Waals surface area (Å²) >= 11 is 0. The molecule has 0 aliphatic heterocycles. The molecule has 1 aromatic heterocycles. The highest BCUT2D eigenvalue weighted by molar-refractivity contribution is 5.93. The Hall–Kier alpha value is -1.53. The summed E-state index contributed by atoms with van der Waals surface area (Å²) in [6.07, 6.45) is -0.906. The molecule has 1 N–H and O–H groups in total. The summed E-state index contributed by atoms with van der Waals surface area (Å²) in [5.41, 5.74) is 0.145. The van der Waals surface area contributed by atoms with Gasteiger partial charge in [0.15, 0.2) is 0 Å². The monoisotopic (exact) mass is 263 g/mol. The molecule has 0 spiro atoms. The standard InChI is InChI=1S/C11H16F3N3O/c1-3-9(4-2)17(7-11(12,13)14)10(18)8-5-15-16-6-8/h5-6,9H,3-4,7H2,1-2H3,(H,15,16). The van der Waals surface area contributed by atoms with Crippen LogP contribution >= 0.6 is 0 Å². The van der Waals surface area contributed by atoms with E-state index in [1.165, 1.54) is 12.4 Å². The number of halogens is 3. The molecule has 0 atom stereocenters. The summed E-state index contributed by atoms with van der Waals surface area (Å²) in [4.78, 5) is 12.9. The highest BCUT2D eigenvalue weighted by atomic mass is 19.4. The van der Waals surface area contributed by atoms with E-state index >= 15 is 0 Å². The van der Waals surface area contributed by atoms with Crippen LogP contribution in [0.4, 0.5) is 13.2 Å². The zero-order valence-electron chi connectivity index (χ0n) is 10.3. The maximum Gasteiger partial charge on any atom is 0.406 e. The molecule has 1 heterocycles. The van der Waals surface area contributed by atoms with Gasteiger partial charge >= 0.3 is 6.18 Å². The normalized spacial score (nSPS) is 11.9. The van der Waals surface area contributed by atoms with Crippen molar-refractivity contribution in [3.63, 3.8) is 0 Å². The number of H-pyrrole nitrogens is 1. The van der Waals surface area contributed by atoms with Crippen molar-refractivity contribution in [3.05, 3.63) is 18.0 Å². The van der Waals surface area contributed by atoms with Crippen molar-refractivity contribution in [3.8, 4) is 0 Å². The number of nitrogens with one attached hydrogen (secondary N) is 1. The molecule has 1 amide bonds. The largest absolute Gasteiger partial charge is 0.406 e. The minimum atomic E-state index is -4.40. The van der Waals surface area contributed by atoms with Crippen molar-refractivity contribution >= 4 is 5.91 Å². The Morgan fingerprint density at radius 1 is 1.44 bits per heavy atom. The van der Waals surface area contributed by atoms with Crippen LogP contribution in [0.3, 0.4) is 0 Å². The topological polar surface area (TPSA) is 49.0 Å². The van der Waals surface area contributed by atoms with Gasteiger partial charge in [0.25, 0.3) is 5.91 Å². The predicted octanol–water partition coefficient (Wildman–Crippen LogP) is 2.60. The number of hydrogen-bond acceptors (Lipinski definition) is 2. The summed E-state index contributed by atoms with van der Waals surface area (Å²) in [5, 5.41) is 6.00. The van der Waals surface area contributed by atoms with E-state index in [0.29, 0.717) is 12.8 Å². The van der Waals surface area contributed by atoms with Gasteiger partial charge in [-0.3, -0.25) is 9.89 Å². The van der Waals surface area contributed by atoms with E-state index in [2.05, 4.69) is 10.2 Å². The van der Waals surface area contributed by atoms with Crippen LogP contribution in [-0.4, -0.2) is 39.8 Å². The molecular formula is C11H16F3N3O. The summed E-state index contributed by atoms with van der Waals surface area (Å²) in [6.45, 7) is 2.30. The van der Waals surface area contributed by atoms with Crippen molar-refractivity contribution in [1.82, 2.24) is 15.1 Å². The van der Waals surface area contributed by atoms with Crippen LogP contribution < -0.4 is 0 Å². The quantitative estimate of drug-likeness (QED) is 0.887. The van der Waals surface area contributed by atoms with Gasteiger partial charge in [-0.15, -0.1) is 0 Å². The van der Waals surface area contributed by atoms with Gasteiger partial charge in [-0.1, -0.05) is 13.8 Å². The SMILES string of the molecule is CCC(CC)N(CC(F)(F)F)C(=O)c1cn[nH]c1. The summed E-state index contributed by atoms with van der Waals surface area (Å²) in [5.74, 6) is -0.644. The molecule has 0 fully saturated rings. The third kappa shape index (κ3) is 3.75. The zero-order chi connectivity index (χ0) is 13.8. The van der Waals surface area contributed by atoms with Gasteiger partial charge in [0.2, 0.25) is 0 Å². The highest BCUT2D eigenvalue weighted by Crippen LogP contribution is 2.22. The maximum absolute atomic E-state index is 12.5. The van der Waals surface area contributed by atoms with Crippen molar-refractivity contribution in [1.29, 1.82) is 0 Å². The van der Waals surface area contributed by atoms with Crippen molar-refractivity contribution < 1.29 is 18.0 Å². The molecule has 0 unspecified atom stereocenters. The van der Waals surface area contributed by atoms with Crippen LogP contribution in [0.15, 0.2) is 12.4 Å². The molecule has 1 rings (SSSR count). The van der Waals surface area contributed by atoms with E-state index in [1.54, 1.807) is 13.8 Å². The fraction of sp³-hybridized carbons (Fsp3) is 0.636. The van der Waals surface area contributed by atoms with Gasteiger partial charge in [-0.05, 0) is 12.8 Å². The number of alkyl halides is 3. The molecule has 0 saturated heterocycles. The Balaban J connectivity index is 2.93. The van der Waals surface area contributed by atoms with Gasteiger partial charge < -0.3 is 4.90 Å². The number of amides is 1. The fourth-order valence-electron chi connectivity index (χ4n) is 1.82. The average molecular weight is 263 g/mol. The second kappa shape index (κ2) is 5.88. The molecule has 18 heavy (non-hydrogen) atoms.